The molecule has 6 nitrogen and oxygen atoms in total. The number of likely N-dealkylation sites (tertiary alicyclic amines) is 1. The van der Waals surface area contributed by atoms with Gasteiger partial charge in [0.15, 0.2) is 0 Å². The van der Waals surface area contributed by atoms with Crippen molar-refractivity contribution in [1.29, 1.82) is 0 Å². The minimum absolute atomic E-state index is 0.0672. The van der Waals surface area contributed by atoms with E-state index in [9.17, 15) is 28.1 Å². The predicted octanol–water partition coefficient (Wildman–Crippen LogP) is 5.86. The zero-order chi connectivity index (χ0) is 25.6. The Morgan fingerprint density at radius 3 is 2.33 bits per heavy atom. The monoisotopic (exact) mass is 515 g/mol. The first-order chi connectivity index (χ1) is 17.1. The van der Waals surface area contributed by atoms with Crippen LogP contribution in [0.5, 0.6) is 0 Å². The molecule has 0 bridgehead atoms. The van der Waals surface area contributed by atoms with Gasteiger partial charge in [-0.05, 0) is 79.5 Å². The molecule has 3 aromatic carbocycles. The van der Waals surface area contributed by atoms with Gasteiger partial charge in [-0.15, -0.1) is 0 Å². The van der Waals surface area contributed by atoms with Crippen LogP contribution in [0.2, 0.25) is 5.02 Å². The summed E-state index contributed by atoms with van der Waals surface area (Å²) in [4.78, 5) is 27.7. The molecule has 2 aliphatic heterocycles. The first-order valence-corrected chi connectivity index (χ1v) is 11.8. The van der Waals surface area contributed by atoms with Gasteiger partial charge in [-0.25, -0.2) is 13.2 Å². The first-order valence-electron chi connectivity index (χ1n) is 11.4. The zero-order valence-corrected chi connectivity index (χ0v) is 19.8. The Labute approximate surface area is 210 Å². The van der Waals surface area contributed by atoms with Crippen LogP contribution in [-0.4, -0.2) is 35.4 Å². The number of rotatable bonds is 4. The molecule has 10 heteroatoms. The van der Waals surface area contributed by atoms with Crippen LogP contribution in [0.1, 0.15) is 34.3 Å². The molecular formula is C26H21ClF3N3O3. The number of nitro benzene ring substituents is 1. The van der Waals surface area contributed by atoms with E-state index in [1.54, 1.807) is 11.0 Å². The summed E-state index contributed by atoms with van der Waals surface area (Å²) in [6, 6.07) is 11.6. The lowest BCUT2D eigenvalue weighted by atomic mass is 9.74. The Kier molecular flexibility index (Phi) is 6.22. The van der Waals surface area contributed by atoms with Gasteiger partial charge in [0.2, 0.25) is 0 Å². The fraction of sp³-hybridized carbons (Fsp3) is 0.269. The molecule has 2 aliphatic rings. The summed E-state index contributed by atoms with van der Waals surface area (Å²) in [5, 5.41) is 11.2. The van der Waals surface area contributed by atoms with E-state index in [4.69, 9.17) is 11.6 Å². The Morgan fingerprint density at radius 1 is 0.972 bits per heavy atom. The van der Waals surface area contributed by atoms with E-state index in [0.29, 0.717) is 50.3 Å². The molecule has 1 fully saturated rings. The third-order valence-corrected chi connectivity index (χ3v) is 7.38. The molecule has 1 amide bonds. The van der Waals surface area contributed by atoms with Gasteiger partial charge >= 0.3 is 0 Å². The Hall–Kier alpha value is -3.43. The standard InChI is InChI=1S/C26H21ClF3N3O3/c27-22-3-1-17(11-24(22)33(35)36)25(34)32-15-26(21-13-18(28)2-4-23(21)32)5-7-31(8-6-26)14-16-9-19(29)12-20(30)10-16/h1-4,9-13H,5-8,14-15H2. The number of hydrogen-bond donors (Lipinski definition) is 0. The number of benzene rings is 3. The lowest BCUT2D eigenvalue weighted by Gasteiger charge is -2.40. The van der Waals surface area contributed by atoms with E-state index >= 15 is 0 Å². The molecule has 1 spiro atoms. The molecule has 3 aromatic rings. The van der Waals surface area contributed by atoms with E-state index in [0.717, 1.165) is 17.7 Å². The van der Waals surface area contributed by atoms with Crippen molar-refractivity contribution in [3.8, 4) is 0 Å². The number of carbonyl (C=O) groups excluding carboxylic acids is 1. The molecule has 5 rings (SSSR count). The average Bonchev–Trinajstić information content (AvgIpc) is 3.13. The zero-order valence-electron chi connectivity index (χ0n) is 19.0. The maximum Gasteiger partial charge on any atom is 0.288 e. The fourth-order valence-corrected chi connectivity index (χ4v) is 5.48. The SMILES string of the molecule is O=C(c1ccc(Cl)c([N+](=O)[O-])c1)N1CC2(CCN(Cc3cc(F)cc(F)c3)CC2)c2cc(F)ccc21. The van der Waals surface area contributed by atoms with Gasteiger partial charge in [-0.1, -0.05) is 11.6 Å². The lowest BCUT2D eigenvalue weighted by Crippen LogP contribution is -2.45. The van der Waals surface area contributed by atoms with E-state index < -0.39 is 33.7 Å². The van der Waals surface area contributed by atoms with Crippen LogP contribution in [0.25, 0.3) is 0 Å². The molecule has 1 saturated heterocycles. The summed E-state index contributed by atoms with van der Waals surface area (Å²) in [7, 11) is 0. The normalized spacial score (nSPS) is 16.8. The van der Waals surface area contributed by atoms with Crippen molar-refractivity contribution in [2.75, 3.05) is 24.5 Å². The average molecular weight is 516 g/mol. The number of halogens is 4. The number of carbonyl (C=O) groups is 1. The van der Waals surface area contributed by atoms with Crippen LogP contribution in [0.3, 0.4) is 0 Å². The molecule has 186 valence electrons. The Morgan fingerprint density at radius 2 is 1.67 bits per heavy atom. The molecule has 0 aromatic heterocycles. The third kappa shape index (κ3) is 4.44. The Bertz CT molecular complexity index is 1360. The molecule has 0 radical (unpaired) electrons. The van der Waals surface area contributed by atoms with E-state index in [2.05, 4.69) is 4.90 Å². The van der Waals surface area contributed by atoms with Gasteiger partial charge in [-0.2, -0.15) is 0 Å². The summed E-state index contributed by atoms with van der Waals surface area (Å²) >= 11 is 5.91. The van der Waals surface area contributed by atoms with E-state index in [-0.39, 0.29) is 16.3 Å². The molecule has 0 saturated carbocycles. The van der Waals surface area contributed by atoms with Gasteiger partial charge in [0.25, 0.3) is 11.6 Å². The summed E-state index contributed by atoms with van der Waals surface area (Å²) in [5.41, 5.74) is 1.06. The summed E-state index contributed by atoms with van der Waals surface area (Å²) < 4.78 is 41.5. The quantitative estimate of drug-likeness (QED) is 0.322. The molecule has 0 aliphatic carbocycles. The number of fused-ring (bicyclic) bond motifs is 2. The van der Waals surface area contributed by atoms with Crippen molar-refractivity contribution < 1.29 is 22.9 Å². The second-order valence-electron chi connectivity index (χ2n) is 9.31. The first kappa shape index (κ1) is 24.3. The van der Waals surface area contributed by atoms with Crippen molar-refractivity contribution in [3.63, 3.8) is 0 Å². The van der Waals surface area contributed by atoms with Crippen molar-refractivity contribution in [2.45, 2.75) is 24.8 Å². The highest BCUT2D eigenvalue weighted by atomic mass is 35.5. The lowest BCUT2D eigenvalue weighted by molar-refractivity contribution is -0.384. The van der Waals surface area contributed by atoms with E-state index in [1.807, 2.05) is 0 Å². The van der Waals surface area contributed by atoms with Crippen LogP contribution in [0, 0.1) is 27.6 Å². The molecular weight excluding hydrogens is 495 g/mol. The highest BCUT2D eigenvalue weighted by Crippen LogP contribution is 2.48. The summed E-state index contributed by atoms with van der Waals surface area (Å²) in [5.74, 6) is -2.11. The molecule has 2 heterocycles. The number of nitrogens with zero attached hydrogens (tertiary/aromatic N) is 3. The van der Waals surface area contributed by atoms with Crippen LogP contribution >= 0.6 is 11.6 Å². The topological polar surface area (TPSA) is 66.7 Å². The van der Waals surface area contributed by atoms with Crippen molar-refractivity contribution in [3.05, 3.63) is 104 Å². The van der Waals surface area contributed by atoms with Gasteiger partial charge in [0.05, 0.1) is 4.92 Å². The summed E-state index contributed by atoms with van der Waals surface area (Å²) in [6.45, 7) is 1.84. The van der Waals surface area contributed by atoms with Crippen molar-refractivity contribution in [2.24, 2.45) is 0 Å². The number of hydrogen-bond acceptors (Lipinski definition) is 4. The van der Waals surface area contributed by atoms with Crippen LogP contribution in [0.15, 0.2) is 54.6 Å². The molecule has 0 N–H and O–H groups in total. The second kappa shape index (κ2) is 9.22. The third-order valence-electron chi connectivity index (χ3n) is 7.06. The maximum atomic E-state index is 14.3. The second-order valence-corrected chi connectivity index (χ2v) is 9.72. The minimum atomic E-state index is -0.645. The molecule has 0 atom stereocenters. The maximum absolute atomic E-state index is 14.3. The van der Waals surface area contributed by atoms with Crippen LogP contribution in [-0.2, 0) is 12.0 Å². The molecule has 0 unspecified atom stereocenters. The van der Waals surface area contributed by atoms with Crippen LogP contribution in [0.4, 0.5) is 24.5 Å². The van der Waals surface area contributed by atoms with Gasteiger partial charge < -0.3 is 4.90 Å². The number of nitro groups is 1. The smallest absolute Gasteiger partial charge is 0.288 e. The molecule has 36 heavy (non-hydrogen) atoms. The van der Waals surface area contributed by atoms with Gasteiger partial charge in [-0.3, -0.25) is 19.8 Å². The predicted molar refractivity (Wildman–Crippen MR) is 129 cm³/mol. The number of piperidine rings is 1. The van der Waals surface area contributed by atoms with Crippen molar-refractivity contribution in [1.82, 2.24) is 4.90 Å². The fourth-order valence-electron chi connectivity index (χ4n) is 5.29. The highest BCUT2D eigenvalue weighted by molar-refractivity contribution is 6.32. The summed E-state index contributed by atoms with van der Waals surface area (Å²) in [6.07, 6.45) is 1.21. The van der Waals surface area contributed by atoms with Crippen molar-refractivity contribution >= 4 is 28.9 Å². The number of anilines is 1. The van der Waals surface area contributed by atoms with Gasteiger partial charge in [0, 0.05) is 41.9 Å². The number of amides is 1. The highest BCUT2D eigenvalue weighted by Gasteiger charge is 2.46. The minimum Gasteiger partial charge on any atom is -0.307 e. The van der Waals surface area contributed by atoms with Crippen LogP contribution < -0.4 is 4.90 Å². The van der Waals surface area contributed by atoms with E-state index in [1.165, 1.54) is 36.4 Å². The van der Waals surface area contributed by atoms with Gasteiger partial charge in [0.1, 0.15) is 22.5 Å². The Balaban J connectivity index is 1.40. The largest absolute Gasteiger partial charge is 0.307 e.